The fraction of sp³-hybridized carbons (Fsp3) is 0.588. The van der Waals surface area contributed by atoms with E-state index in [2.05, 4.69) is 20.8 Å². The van der Waals surface area contributed by atoms with Crippen molar-refractivity contribution in [3.05, 3.63) is 39.9 Å². The predicted molar refractivity (Wildman–Crippen MR) is 83.6 cm³/mol. The Morgan fingerprint density at radius 2 is 2.09 bits per heavy atom. The zero-order valence-corrected chi connectivity index (χ0v) is 13.3. The number of hydrogen-bond donors (Lipinski definition) is 0. The third-order valence-corrected chi connectivity index (χ3v) is 4.51. The van der Waals surface area contributed by atoms with Crippen LogP contribution in [0.1, 0.15) is 50.4 Å². The lowest BCUT2D eigenvalue weighted by molar-refractivity contribution is -0.384. The first-order chi connectivity index (χ1) is 10.4. The molecule has 3 unspecified atom stereocenters. The molecule has 0 aromatic heterocycles. The second-order valence-corrected chi connectivity index (χ2v) is 6.58. The molecule has 22 heavy (non-hydrogen) atoms. The Hall–Kier alpha value is -1.91. The number of carbonyl (C=O) groups is 1. The zero-order chi connectivity index (χ0) is 16.3. The van der Waals surface area contributed by atoms with Gasteiger partial charge in [0, 0.05) is 12.1 Å². The number of hydrogen-bond acceptors (Lipinski definition) is 4. The first kappa shape index (κ1) is 16.5. The summed E-state index contributed by atoms with van der Waals surface area (Å²) in [5.74, 6) is 0.889. The largest absolute Gasteiger partial charge is 0.458 e. The molecule has 5 nitrogen and oxygen atoms in total. The van der Waals surface area contributed by atoms with Gasteiger partial charge in [-0.3, -0.25) is 10.1 Å². The van der Waals surface area contributed by atoms with Crippen LogP contribution in [-0.4, -0.2) is 17.0 Å². The van der Waals surface area contributed by atoms with Gasteiger partial charge in [0.2, 0.25) is 0 Å². The number of esters is 1. The van der Waals surface area contributed by atoms with Crippen LogP contribution >= 0.6 is 0 Å². The lowest BCUT2D eigenvalue weighted by atomic mass is 9.75. The molecule has 0 aliphatic heterocycles. The highest BCUT2D eigenvalue weighted by atomic mass is 16.6. The van der Waals surface area contributed by atoms with Crippen molar-refractivity contribution in [2.75, 3.05) is 0 Å². The van der Waals surface area contributed by atoms with E-state index in [0.29, 0.717) is 17.8 Å². The molecule has 1 saturated carbocycles. The van der Waals surface area contributed by atoms with Gasteiger partial charge in [-0.1, -0.05) is 33.3 Å². The van der Waals surface area contributed by atoms with Crippen LogP contribution in [0.2, 0.25) is 0 Å². The van der Waals surface area contributed by atoms with E-state index in [0.717, 1.165) is 19.3 Å². The van der Waals surface area contributed by atoms with Gasteiger partial charge in [-0.15, -0.1) is 0 Å². The molecule has 0 radical (unpaired) electrons. The fourth-order valence-electron chi connectivity index (χ4n) is 3.20. The number of benzene rings is 1. The topological polar surface area (TPSA) is 69.4 Å². The highest BCUT2D eigenvalue weighted by molar-refractivity contribution is 5.90. The smallest absolute Gasteiger partial charge is 0.338 e. The van der Waals surface area contributed by atoms with Gasteiger partial charge in [0.25, 0.3) is 5.69 Å². The van der Waals surface area contributed by atoms with Gasteiger partial charge in [-0.05, 0) is 36.7 Å². The number of non-ortho nitro benzene ring substituents is 1. The maximum atomic E-state index is 12.3. The Labute approximate surface area is 130 Å². The summed E-state index contributed by atoms with van der Waals surface area (Å²) in [5.41, 5.74) is 0.154. The molecule has 0 heterocycles. The van der Waals surface area contributed by atoms with Crippen LogP contribution < -0.4 is 0 Å². The van der Waals surface area contributed by atoms with Crippen LogP contribution in [0.25, 0.3) is 0 Å². The molecule has 0 N–H and O–H groups in total. The Morgan fingerprint density at radius 1 is 1.36 bits per heavy atom. The predicted octanol–water partition coefficient (Wildman–Crippen LogP) is 4.21. The van der Waals surface area contributed by atoms with E-state index in [1.807, 2.05) is 0 Å². The van der Waals surface area contributed by atoms with Gasteiger partial charge in [0.15, 0.2) is 0 Å². The first-order valence-electron chi connectivity index (χ1n) is 7.84. The van der Waals surface area contributed by atoms with E-state index in [1.165, 1.54) is 18.2 Å². The van der Waals surface area contributed by atoms with Crippen LogP contribution in [0.3, 0.4) is 0 Å². The van der Waals surface area contributed by atoms with Crippen LogP contribution in [0, 0.1) is 27.9 Å². The molecule has 1 aliphatic carbocycles. The number of nitro benzene ring substituents is 1. The van der Waals surface area contributed by atoms with E-state index < -0.39 is 10.9 Å². The third-order valence-electron chi connectivity index (χ3n) is 4.51. The molecule has 1 aromatic carbocycles. The van der Waals surface area contributed by atoms with Crippen LogP contribution in [0.5, 0.6) is 0 Å². The SMILES string of the molecule is CC1CCC(C(C)C)C(OC(=O)c2cccc([N+](=O)[O-])c2)C1. The van der Waals surface area contributed by atoms with Crippen LogP contribution in [0.15, 0.2) is 24.3 Å². The summed E-state index contributed by atoms with van der Waals surface area (Å²) in [7, 11) is 0. The maximum Gasteiger partial charge on any atom is 0.338 e. The van der Waals surface area contributed by atoms with Crippen molar-refractivity contribution < 1.29 is 14.5 Å². The van der Waals surface area contributed by atoms with E-state index in [9.17, 15) is 14.9 Å². The summed E-state index contributed by atoms with van der Waals surface area (Å²) >= 11 is 0. The molecule has 1 aliphatic rings. The van der Waals surface area contributed by atoms with E-state index in [1.54, 1.807) is 6.07 Å². The summed E-state index contributed by atoms with van der Waals surface area (Å²) in [6.45, 7) is 6.47. The van der Waals surface area contributed by atoms with Crippen molar-refractivity contribution in [1.82, 2.24) is 0 Å². The van der Waals surface area contributed by atoms with Gasteiger partial charge in [-0.2, -0.15) is 0 Å². The van der Waals surface area contributed by atoms with Crippen LogP contribution in [0.4, 0.5) is 5.69 Å². The van der Waals surface area contributed by atoms with Crippen molar-refractivity contribution >= 4 is 11.7 Å². The summed E-state index contributed by atoms with van der Waals surface area (Å²) in [4.78, 5) is 22.6. The Kier molecular flexibility index (Phi) is 5.16. The van der Waals surface area contributed by atoms with Gasteiger partial charge in [0.1, 0.15) is 6.10 Å². The van der Waals surface area contributed by atoms with Crippen LogP contribution in [-0.2, 0) is 4.74 Å². The normalized spacial score (nSPS) is 25.0. The van der Waals surface area contributed by atoms with Gasteiger partial charge in [-0.25, -0.2) is 4.79 Å². The van der Waals surface area contributed by atoms with Gasteiger partial charge >= 0.3 is 5.97 Å². The Bertz CT molecular complexity index is 555. The van der Waals surface area contributed by atoms with Crippen molar-refractivity contribution in [3.63, 3.8) is 0 Å². The second kappa shape index (κ2) is 6.90. The summed E-state index contributed by atoms with van der Waals surface area (Å²) < 4.78 is 5.69. The standard InChI is InChI=1S/C17H23NO4/c1-11(2)15-8-7-12(3)9-16(15)22-17(19)13-5-4-6-14(10-13)18(20)21/h4-6,10-12,15-16H,7-9H2,1-3H3. The Balaban J connectivity index is 2.12. The van der Waals surface area contributed by atoms with Crippen molar-refractivity contribution in [2.24, 2.45) is 17.8 Å². The molecule has 0 amide bonds. The second-order valence-electron chi connectivity index (χ2n) is 6.58. The maximum absolute atomic E-state index is 12.3. The lowest BCUT2D eigenvalue weighted by Gasteiger charge is -2.36. The summed E-state index contributed by atoms with van der Waals surface area (Å²) in [5, 5.41) is 10.8. The molecule has 2 rings (SSSR count). The zero-order valence-electron chi connectivity index (χ0n) is 13.3. The highest BCUT2D eigenvalue weighted by Crippen LogP contribution is 2.35. The third kappa shape index (κ3) is 3.84. The van der Waals surface area contributed by atoms with Crippen molar-refractivity contribution in [3.8, 4) is 0 Å². The summed E-state index contributed by atoms with van der Waals surface area (Å²) in [6, 6.07) is 5.72. The van der Waals surface area contributed by atoms with E-state index in [4.69, 9.17) is 4.74 Å². The van der Waals surface area contributed by atoms with Crippen molar-refractivity contribution in [2.45, 2.75) is 46.1 Å². The number of nitrogens with zero attached hydrogens (tertiary/aromatic N) is 1. The molecular formula is C17H23NO4. The molecule has 0 saturated heterocycles. The fourth-order valence-corrected chi connectivity index (χ4v) is 3.20. The monoisotopic (exact) mass is 305 g/mol. The van der Waals surface area contributed by atoms with E-state index >= 15 is 0 Å². The minimum absolute atomic E-state index is 0.0909. The van der Waals surface area contributed by atoms with Gasteiger partial charge < -0.3 is 4.74 Å². The first-order valence-corrected chi connectivity index (χ1v) is 7.84. The summed E-state index contributed by atoms with van der Waals surface area (Å²) in [6.07, 6.45) is 2.98. The number of carbonyl (C=O) groups excluding carboxylic acids is 1. The molecule has 0 bridgehead atoms. The van der Waals surface area contributed by atoms with E-state index in [-0.39, 0.29) is 17.4 Å². The molecule has 3 atom stereocenters. The molecule has 1 fully saturated rings. The molecular weight excluding hydrogens is 282 g/mol. The highest BCUT2D eigenvalue weighted by Gasteiger charge is 2.33. The molecule has 5 heteroatoms. The minimum Gasteiger partial charge on any atom is -0.458 e. The minimum atomic E-state index is -0.504. The number of ether oxygens (including phenoxy) is 1. The molecule has 0 spiro atoms. The molecule has 1 aromatic rings. The lowest BCUT2D eigenvalue weighted by Crippen LogP contribution is -2.35. The Morgan fingerprint density at radius 3 is 2.73 bits per heavy atom. The number of rotatable bonds is 4. The average molecular weight is 305 g/mol. The number of nitro groups is 1. The quantitative estimate of drug-likeness (QED) is 0.474. The van der Waals surface area contributed by atoms with Crippen molar-refractivity contribution in [1.29, 1.82) is 0 Å². The average Bonchev–Trinajstić information content (AvgIpc) is 2.47. The van der Waals surface area contributed by atoms with Gasteiger partial charge in [0.05, 0.1) is 10.5 Å². The molecule has 120 valence electrons.